The fourth-order valence-corrected chi connectivity index (χ4v) is 6.26. The Hall–Kier alpha value is 0.0600. The minimum absolute atomic E-state index is 0. The van der Waals surface area contributed by atoms with E-state index in [1.54, 1.807) is 7.05 Å². The number of aliphatic imine (C=N–C) groups is 1. The molecule has 1 aliphatic heterocycles. The van der Waals surface area contributed by atoms with Crippen molar-refractivity contribution in [2.75, 3.05) is 38.2 Å². The van der Waals surface area contributed by atoms with Gasteiger partial charge in [0, 0.05) is 54.5 Å². The van der Waals surface area contributed by atoms with Crippen LogP contribution in [0.5, 0.6) is 0 Å². The molecule has 2 aliphatic rings. The van der Waals surface area contributed by atoms with Crippen molar-refractivity contribution in [2.45, 2.75) is 50.3 Å². The monoisotopic (exact) mass is 506 g/mol. The zero-order valence-corrected chi connectivity index (χ0v) is 19.0. The number of halogens is 1. The number of hydrogen-bond donors (Lipinski definition) is 2. The molecule has 2 N–H and O–H groups in total. The van der Waals surface area contributed by atoms with Crippen molar-refractivity contribution in [3.05, 3.63) is 0 Å². The highest BCUT2D eigenvalue weighted by molar-refractivity contribution is 14.0. The molecule has 0 bridgehead atoms. The first kappa shape index (κ1) is 23.1. The van der Waals surface area contributed by atoms with Gasteiger partial charge in [0.2, 0.25) is 10.0 Å². The van der Waals surface area contributed by atoms with Gasteiger partial charge in [-0.2, -0.15) is 0 Å². The van der Waals surface area contributed by atoms with Crippen LogP contribution >= 0.6 is 24.0 Å². The van der Waals surface area contributed by atoms with Gasteiger partial charge in [-0.05, 0) is 25.7 Å². The van der Waals surface area contributed by atoms with Gasteiger partial charge in [0.1, 0.15) is 0 Å². The maximum atomic E-state index is 12.0. The molecule has 3 atom stereocenters. The Morgan fingerprint density at radius 3 is 2.68 bits per heavy atom. The van der Waals surface area contributed by atoms with E-state index in [0.29, 0.717) is 37.8 Å². The van der Waals surface area contributed by atoms with Crippen LogP contribution in [0, 0.1) is 0 Å². The van der Waals surface area contributed by atoms with E-state index in [4.69, 9.17) is 0 Å². The van der Waals surface area contributed by atoms with E-state index >= 15 is 0 Å². The highest BCUT2D eigenvalue weighted by Crippen LogP contribution is 2.23. The molecule has 1 aliphatic carbocycles. The summed E-state index contributed by atoms with van der Waals surface area (Å²) in [5.41, 5.74) is 0. The van der Waals surface area contributed by atoms with Gasteiger partial charge in [0.05, 0.1) is 5.75 Å². The zero-order chi connectivity index (χ0) is 17.6. The SMILES string of the molecule is CCS(=O)C1CCCC(NC(=NC)NCCN2CCCS2(=O)=O)C1.I. The molecule has 10 heteroatoms. The Balaban J connectivity index is 0.00000312. The Labute approximate surface area is 171 Å². The predicted molar refractivity (Wildman–Crippen MR) is 115 cm³/mol. The first-order valence-corrected chi connectivity index (χ1v) is 11.8. The summed E-state index contributed by atoms with van der Waals surface area (Å²) in [6.45, 7) is 3.59. The summed E-state index contributed by atoms with van der Waals surface area (Å²) in [6, 6.07) is 0.279. The summed E-state index contributed by atoms with van der Waals surface area (Å²) in [4.78, 5) is 4.22. The summed E-state index contributed by atoms with van der Waals surface area (Å²) >= 11 is 0. The molecule has 1 heterocycles. The largest absolute Gasteiger partial charge is 0.355 e. The van der Waals surface area contributed by atoms with Gasteiger partial charge in [-0.25, -0.2) is 12.7 Å². The minimum atomic E-state index is -3.04. The Bertz CT molecular complexity index is 571. The normalized spacial score (nSPS) is 28.2. The molecule has 25 heavy (non-hydrogen) atoms. The molecule has 1 saturated heterocycles. The molecule has 1 saturated carbocycles. The van der Waals surface area contributed by atoms with Crippen LogP contribution < -0.4 is 10.6 Å². The third-order valence-electron chi connectivity index (χ3n) is 4.70. The summed E-state index contributed by atoms with van der Waals surface area (Å²) < 4.78 is 37.1. The second-order valence-electron chi connectivity index (χ2n) is 6.37. The second-order valence-corrected chi connectivity index (χ2v) is 10.5. The van der Waals surface area contributed by atoms with Crippen molar-refractivity contribution in [1.82, 2.24) is 14.9 Å². The molecule has 148 valence electrons. The average Bonchev–Trinajstić information content (AvgIpc) is 2.92. The molecule has 0 aromatic heterocycles. The molecule has 3 unspecified atom stereocenters. The maximum Gasteiger partial charge on any atom is 0.214 e. The first-order valence-electron chi connectivity index (χ1n) is 8.78. The molecule has 2 rings (SSSR count). The molecular formula is C15H31IN4O3S2. The molecule has 0 aromatic carbocycles. The number of hydrogen-bond acceptors (Lipinski definition) is 4. The van der Waals surface area contributed by atoms with E-state index in [1.165, 1.54) is 4.31 Å². The van der Waals surface area contributed by atoms with Gasteiger partial charge in [-0.1, -0.05) is 13.3 Å². The van der Waals surface area contributed by atoms with Crippen LogP contribution in [-0.2, 0) is 20.8 Å². The lowest BCUT2D eigenvalue weighted by molar-refractivity contribution is 0.410. The number of nitrogens with one attached hydrogen (secondary N) is 2. The van der Waals surface area contributed by atoms with Crippen LogP contribution in [-0.4, -0.2) is 72.4 Å². The highest BCUT2D eigenvalue weighted by atomic mass is 127. The first-order chi connectivity index (χ1) is 11.5. The van der Waals surface area contributed by atoms with Gasteiger partial charge in [-0.3, -0.25) is 9.20 Å². The lowest BCUT2D eigenvalue weighted by Crippen LogP contribution is -2.48. The Kier molecular flexibility index (Phi) is 10.2. The van der Waals surface area contributed by atoms with E-state index in [0.717, 1.165) is 25.7 Å². The van der Waals surface area contributed by atoms with Gasteiger partial charge >= 0.3 is 0 Å². The fourth-order valence-electron chi connectivity index (χ4n) is 3.38. The number of nitrogens with zero attached hydrogens (tertiary/aromatic N) is 2. The number of rotatable bonds is 6. The van der Waals surface area contributed by atoms with Gasteiger partial charge < -0.3 is 10.6 Å². The zero-order valence-electron chi connectivity index (χ0n) is 15.1. The summed E-state index contributed by atoms with van der Waals surface area (Å²) in [7, 11) is -2.07. The molecule has 0 amide bonds. The number of sulfonamides is 1. The van der Waals surface area contributed by atoms with Crippen LogP contribution in [0.4, 0.5) is 0 Å². The standard InChI is InChI=1S/C15H30N4O3S2.HI/c1-3-23(20)14-7-4-6-13(12-14)18-15(16-2)17-8-10-19-9-5-11-24(19,21)22;/h13-14H,3-12H2,1-2H3,(H2,16,17,18);1H. The van der Waals surface area contributed by atoms with Crippen LogP contribution in [0.3, 0.4) is 0 Å². The van der Waals surface area contributed by atoms with Crippen molar-refractivity contribution in [1.29, 1.82) is 0 Å². The second kappa shape index (κ2) is 11.0. The molecule has 2 fully saturated rings. The van der Waals surface area contributed by atoms with Crippen LogP contribution in [0.15, 0.2) is 4.99 Å². The van der Waals surface area contributed by atoms with Crippen molar-refractivity contribution >= 4 is 50.8 Å². The topological polar surface area (TPSA) is 90.9 Å². The summed E-state index contributed by atoms with van der Waals surface area (Å²) in [5, 5.41) is 6.87. The van der Waals surface area contributed by atoms with E-state index in [-0.39, 0.29) is 41.0 Å². The summed E-state index contributed by atoms with van der Waals surface area (Å²) in [6.07, 6.45) is 4.79. The van der Waals surface area contributed by atoms with E-state index in [1.807, 2.05) is 6.92 Å². The van der Waals surface area contributed by atoms with Crippen LogP contribution in [0.25, 0.3) is 0 Å². The molecular weight excluding hydrogens is 475 g/mol. The van der Waals surface area contributed by atoms with Crippen molar-refractivity contribution < 1.29 is 12.6 Å². The summed E-state index contributed by atoms with van der Waals surface area (Å²) in [5.74, 6) is 1.67. The molecule has 0 radical (unpaired) electrons. The van der Waals surface area contributed by atoms with E-state index < -0.39 is 20.8 Å². The van der Waals surface area contributed by atoms with Gasteiger partial charge in [0.25, 0.3) is 0 Å². The lowest BCUT2D eigenvalue weighted by atomic mass is 9.95. The van der Waals surface area contributed by atoms with Crippen LogP contribution in [0.1, 0.15) is 39.0 Å². The van der Waals surface area contributed by atoms with Gasteiger partial charge in [-0.15, -0.1) is 24.0 Å². The Morgan fingerprint density at radius 2 is 2.08 bits per heavy atom. The molecule has 0 aromatic rings. The van der Waals surface area contributed by atoms with Crippen molar-refractivity contribution in [2.24, 2.45) is 4.99 Å². The highest BCUT2D eigenvalue weighted by Gasteiger charge is 2.28. The Morgan fingerprint density at radius 1 is 1.32 bits per heavy atom. The third kappa shape index (κ3) is 6.94. The molecule has 0 spiro atoms. The predicted octanol–water partition coefficient (Wildman–Crippen LogP) is 0.885. The minimum Gasteiger partial charge on any atom is -0.355 e. The van der Waals surface area contributed by atoms with Crippen molar-refractivity contribution in [3.8, 4) is 0 Å². The van der Waals surface area contributed by atoms with E-state index in [2.05, 4.69) is 15.6 Å². The fraction of sp³-hybridized carbons (Fsp3) is 0.933. The van der Waals surface area contributed by atoms with Crippen molar-refractivity contribution in [3.63, 3.8) is 0 Å². The molecule has 7 nitrogen and oxygen atoms in total. The smallest absolute Gasteiger partial charge is 0.214 e. The van der Waals surface area contributed by atoms with Crippen LogP contribution in [0.2, 0.25) is 0 Å². The van der Waals surface area contributed by atoms with Gasteiger partial charge in [0.15, 0.2) is 5.96 Å². The number of guanidine groups is 1. The maximum absolute atomic E-state index is 12.0. The lowest BCUT2D eigenvalue weighted by Gasteiger charge is -2.30. The van der Waals surface area contributed by atoms with E-state index in [9.17, 15) is 12.6 Å². The third-order valence-corrected chi connectivity index (χ3v) is 8.40. The quantitative estimate of drug-likeness (QED) is 0.317. The average molecular weight is 506 g/mol.